The van der Waals surface area contributed by atoms with Crippen LogP contribution in [-0.4, -0.2) is 28.1 Å². The number of rotatable bonds is 5. The Morgan fingerprint density at radius 2 is 1.96 bits per heavy atom. The van der Waals surface area contributed by atoms with Gasteiger partial charge in [0.25, 0.3) is 11.6 Å². The number of carbonyl (C=O) groups is 1. The molecule has 2 aromatic heterocycles. The van der Waals surface area contributed by atoms with Gasteiger partial charge in [-0.1, -0.05) is 25.9 Å². The van der Waals surface area contributed by atoms with Crippen molar-refractivity contribution in [3.05, 3.63) is 23.0 Å². The molecule has 0 unspecified atom stereocenters. The summed E-state index contributed by atoms with van der Waals surface area (Å²) in [5, 5.41) is 7.97. The Morgan fingerprint density at radius 1 is 1.31 bits per heavy atom. The fourth-order valence-corrected chi connectivity index (χ4v) is 2.85. The van der Waals surface area contributed by atoms with Crippen LogP contribution in [0.15, 0.2) is 10.6 Å². The van der Waals surface area contributed by atoms with Crippen LogP contribution in [0, 0.1) is 5.41 Å². The molecule has 2 aromatic rings. The number of aromatic nitrogens is 2. The largest absolute Gasteiger partial charge is 0.346 e. The molecule has 0 aliphatic heterocycles. The maximum absolute atomic E-state index is 13.0. The highest BCUT2D eigenvalue weighted by molar-refractivity contribution is 6.06. The molecule has 3 N–H and O–H groups in total. The van der Waals surface area contributed by atoms with E-state index in [1.807, 2.05) is 19.9 Å². The zero-order chi connectivity index (χ0) is 18.4. The summed E-state index contributed by atoms with van der Waals surface area (Å²) in [7, 11) is 0. The monoisotopic (exact) mass is 380 g/mol. The van der Waals surface area contributed by atoms with Gasteiger partial charge in [-0.15, -0.1) is 12.4 Å². The van der Waals surface area contributed by atoms with Crippen molar-refractivity contribution >= 4 is 29.4 Å². The Balaban J connectivity index is 0.00000243. The summed E-state index contributed by atoms with van der Waals surface area (Å²) >= 11 is 0. The molecule has 0 atom stereocenters. The van der Waals surface area contributed by atoms with Crippen LogP contribution in [0.2, 0.25) is 0 Å². The molecule has 1 aliphatic rings. The van der Waals surface area contributed by atoms with Crippen LogP contribution in [-0.2, 0) is 6.42 Å². The van der Waals surface area contributed by atoms with E-state index < -0.39 is 5.54 Å². The Morgan fingerprint density at radius 3 is 2.50 bits per heavy atom. The Kier molecular flexibility index (Phi) is 5.69. The highest BCUT2D eigenvalue weighted by Crippen LogP contribution is 2.41. The summed E-state index contributed by atoms with van der Waals surface area (Å²) in [6, 6.07) is 1.91. The Labute approximate surface area is 160 Å². The van der Waals surface area contributed by atoms with Crippen molar-refractivity contribution in [3.8, 4) is 0 Å². The Bertz CT molecular complexity index is 804. The van der Waals surface area contributed by atoms with Crippen molar-refractivity contribution in [2.75, 3.05) is 6.54 Å². The third kappa shape index (κ3) is 4.54. The number of halogens is 1. The van der Waals surface area contributed by atoms with Gasteiger partial charge in [-0.3, -0.25) is 4.79 Å². The second-order valence-electron chi connectivity index (χ2n) is 8.96. The molecule has 26 heavy (non-hydrogen) atoms. The molecule has 1 fully saturated rings. The molecule has 2 heterocycles. The smallest absolute Gasteiger partial charge is 0.259 e. The quantitative estimate of drug-likeness (QED) is 0.826. The molecular weight excluding hydrogens is 352 g/mol. The molecule has 0 aromatic carbocycles. The maximum Gasteiger partial charge on any atom is 0.259 e. The number of hydrogen-bond acceptors (Lipinski definition) is 5. The predicted octanol–water partition coefficient (Wildman–Crippen LogP) is 3.58. The van der Waals surface area contributed by atoms with Gasteiger partial charge in [0.15, 0.2) is 0 Å². The van der Waals surface area contributed by atoms with Gasteiger partial charge in [-0.25, -0.2) is 4.98 Å². The van der Waals surface area contributed by atoms with E-state index >= 15 is 0 Å². The predicted molar refractivity (Wildman–Crippen MR) is 105 cm³/mol. The molecule has 0 saturated heterocycles. The molecule has 1 amide bonds. The lowest BCUT2D eigenvalue weighted by Gasteiger charge is -2.24. The normalized spacial score (nSPS) is 15.0. The summed E-state index contributed by atoms with van der Waals surface area (Å²) in [4.78, 5) is 17.6. The van der Waals surface area contributed by atoms with Gasteiger partial charge in [0.2, 0.25) is 0 Å². The molecule has 1 aliphatic carbocycles. The van der Waals surface area contributed by atoms with Crippen molar-refractivity contribution in [1.29, 1.82) is 0 Å². The highest BCUT2D eigenvalue weighted by atomic mass is 35.5. The third-order valence-corrected chi connectivity index (χ3v) is 4.44. The second kappa shape index (κ2) is 7.16. The molecule has 144 valence electrons. The van der Waals surface area contributed by atoms with Gasteiger partial charge >= 0.3 is 0 Å². The molecule has 0 bridgehead atoms. The number of amides is 1. The maximum atomic E-state index is 13.0. The third-order valence-electron chi connectivity index (χ3n) is 4.44. The van der Waals surface area contributed by atoms with Crippen molar-refractivity contribution in [2.24, 2.45) is 11.1 Å². The van der Waals surface area contributed by atoms with Crippen molar-refractivity contribution < 1.29 is 9.32 Å². The minimum Gasteiger partial charge on any atom is -0.346 e. The molecule has 0 spiro atoms. The first-order valence-electron chi connectivity index (χ1n) is 8.91. The van der Waals surface area contributed by atoms with Crippen molar-refractivity contribution in [1.82, 2.24) is 15.5 Å². The molecule has 6 nitrogen and oxygen atoms in total. The van der Waals surface area contributed by atoms with E-state index in [4.69, 9.17) is 10.3 Å². The van der Waals surface area contributed by atoms with Gasteiger partial charge in [-0.05, 0) is 44.6 Å². The number of nitrogens with two attached hydrogens (primary N) is 1. The minimum absolute atomic E-state index is 0. The topological polar surface area (TPSA) is 94.0 Å². The van der Waals surface area contributed by atoms with Crippen LogP contribution in [0.5, 0.6) is 0 Å². The average molecular weight is 381 g/mol. The van der Waals surface area contributed by atoms with Crippen LogP contribution in [0.25, 0.3) is 11.1 Å². The van der Waals surface area contributed by atoms with Crippen molar-refractivity contribution in [3.63, 3.8) is 0 Å². The number of hydrogen-bond donors (Lipinski definition) is 2. The van der Waals surface area contributed by atoms with E-state index in [2.05, 4.69) is 36.2 Å². The number of nitrogens with one attached hydrogen (secondary N) is 1. The standard InChI is InChI=1S/C19H28N4O2.ClH/c1-18(2,3)9-14-15-12(16(24)22-19(4,5)10-20)8-13(11-6-7-11)21-17(15)25-23-14;/h8,11H,6-7,9-10,20H2,1-5H3,(H,22,24);1H. The first-order valence-corrected chi connectivity index (χ1v) is 8.91. The molecular formula is C19H29ClN4O2. The van der Waals surface area contributed by atoms with Gasteiger partial charge in [-0.2, -0.15) is 0 Å². The lowest BCUT2D eigenvalue weighted by molar-refractivity contribution is 0.0917. The summed E-state index contributed by atoms with van der Waals surface area (Å²) in [5.41, 5.74) is 8.07. The SMILES string of the molecule is CC(C)(C)Cc1noc2nc(C3CC3)cc(C(=O)NC(C)(C)CN)c12.Cl. The zero-order valence-electron chi connectivity index (χ0n) is 16.2. The first kappa shape index (κ1) is 20.6. The number of pyridine rings is 1. The summed E-state index contributed by atoms with van der Waals surface area (Å²) < 4.78 is 5.50. The van der Waals surface area contributed by atoms with Gasteiger partial charge in [0.1, 0.15) is 0 Å². The average Bonchev–Trinajstić information content (AvgIpc) is 3.28. The lowest BCUT2D eigenvalue weighted by atomic mass is 9.89. The van der Waals surface area contributed by atoms with E-state index in [-0.39, 0.29) is 23.7 Å². The minimum atomic E-state index is -0.478. The highest BCUT2D eigenvalue weighted by Gasteiger charge is 2.31. The van der Waals surface area contributed by atoms with Gasteiger partial charge in [0, 0.05) is 23.7 Å². The fourth-order valence-electron chi connectivity index (χ4n) is 2.85. The number of nitrogens with zero attached hydrogens (tertiary/aromatic N) is 2. The molecule has 0 radical (unpaired) electrons. The van der Waals surface area contributed by atoms with E-state index in [9.17, 15) is 4.79 Å². The molecule has 3 rings (SSSR count). The van der Waals surface area contributed by atoms with Gasteiger partial charge in [0.05, 0.1) is 16.6 Å². The van der Waals surface area contributed by atoms with Crippen molar-refractivity contribution in [2.45, 2.75) is 65.3 Å². The number of fused-ring (bicyclic) bond motifs is 1. The van der Waals surface area contributed by atoms with Crippen LogP contribution < -0.4 is 11.1 Å². The summed E-state index contributed by atoms with van der Waals surface area (Å²) in [6.45, 7) is 10.6. The second-order valence-corrected chi connectivity index (χ2v) is 8.96. The molecule has 7 heteroatoms. The van der Waals surface area contributed by atoms with E-state index in [0.717, 1.165) is 29.6 Å². The fraction of sp³-hybridized carbons (Fsp3) is 0.632. The van der Waals surface area contributed by atoms with Crippen LogP contribution >= 0.6 is 12.4 Å². The summed E-state index contributed by atoms with van der Waals surface area (Å²) in [5.74, 6) is 0.276. The van der Waals surface area contributed by atoms with Crippen LogP contribution in [0.1, 0.15) is 75.1 Å². The lowest BCUT2D eigenvalue weighted by Crippen LogP contribution is -2.48. The van der Waals surface area contributed by atoms with E-state index in [0.29, 0.717) is 30.2 Å². The van der Waals surface area contributed by atoms with Crippen LogP contribution in [0.4, 0.5) is 0 Å². The van der Waals surface area contributed by atoms with E-state index in [1.165, 1.54) is 0 Å². The summed E-state index contributed by atoms with van der Waals surface area (Å²) in [6.07, 6.45) is 2.93. The zero-order valence-corrected chi connectivity index (χ0v) is 17.0. The van der Waals surface area contributed by atoms with Gasteiger partial charge < -0.3 is 15.6 Å². The van der Waals surface area contributed by atoms with E-state index in [1.54, 1.807) is 0 Å². The molecule has 1 saturated carbocycles. The van der Waals surface area contributed by atoms with Crippen LogP contribution in [0.3, 0.4) is 0 Å². The Hall–Kier alpha value is -1.66. The number of carbonyl (C=O) groups excluding carboxylic acids is 1. The first-order chi connectivity index (χ1) is 11.6.